The zero-order chi connectivity index (χ0) is 15.4. The zero-order valence-electron chi connectivity index (χ0n) is 13.3. The summed E-state index contributed by atoms with van der Waals surface area (Å²) in [4.78, 5) is 5.07. The number of hydrogen-bond donors (Lipinski definition) is 1. The van der Waals surface area contributed by atoms with Crippen LogP contribution in [0.3, 0.4) is 0 Å². The van der Waals surface area contributed by atoms with Gasteiger partial charge in [-0.3, -0.25) is 0 Å². The van der Waals surface area contributed by atoms with Crippen LogP contribution in [0, 0.1) is 0 Å². The van der Waals surface area contributed by atoms with Gasteiger partial charge in [-0.25, -0.2) is 0 Å². The first kappa shape index (κ1) is 16.3. The van der Waals surface area contributed by atoms with Crippen LogP contribution in [-0.4, -0.2) is 53.7 Å². The maximum atomic E-state index is 10.4. The third-order valence-corrected chi connectivity index (χ3v) is 5.50. The average Bonchev–Trinajstić information content (AvgIpc) is 2.57. The lowest BCUT2D eigenvalue weighted by molar-refractivity contribution is 0.0601. The number of β-amino-alcohol motifs (C(OH)–C–C–N with tert-alkyl or cyclic N) is 1. The highest BCUT2D eigenvalue weighted by Crippen LogP contribution is 2.26. The predicted octanol–water partition coefficient (Wildman–Crippen LogP) is 3.32. The van der Waals surface area contributed by atoms with E-state index in [9.17, 15) is 5.11 Å². The lowest BCUT2D eigenvalue weighted by Crippen LogP contribution is -2.47. The Morgan fingerprint density at radius 1 is 1.05 bits per heavy atom. The molecule has 0 radical (unpaired) electrons. The molecular formula is C18H27ClN2O. The molecule has 0 saturated carbocycles. The highest BCUT2D eigenvalue weighted by molar-refractivity contribution is 6.31. The first-order chi connectivity index (χ1) is 10.7. The fourth-order valence-corrected chi connectivity index (χ4v) is 4.10. The lowest BCUT2D eigenvalue weighted by Gasteiger charge is -2.40. The van der Waals surface area contributed by atoms with Gasteiger partial charge in [-0.15, -0.1) is 0 Å². The summed E-state index contributed by atoms with van der Waals surface area (Å²) in [6, 6.07) is 8.38. The van der Waals surface area contributed by atoms with Gasteiger partial charge in [0.05, 0.1) is 6.10 Å². The normalized spacial score (nSPS) is 23.5. The smallest absolute Gasteiger partial charge is 0.0931 e. The number of halogens is 1. The quantitative estimate of drug-likeness (QED) is 0.921. The second-order valence-electron chi connectivity index (χ2n) is 6.67. The number of rotatable bonds is 4. The molecule has 2 aliphatic heterocycles. The van der Waals surface area contributed by atoms with E-state index in [1.54, 1.807) is 0 Å². The molecule has 1 unspecified atom stereocenters. The van der Waals surface area contributed by atoms with Crippen LogP contribution in [-0.2, 0) is 0 Å². The summed E-state index contributed by atoms with van der Waals surface area (Å²) in [7, 11) is 0. The van der Waals surface area contributed by atoms with Gasteiger partial charge in [0, 0.05) is 23.2 Å². The summed E-state index contributed by atoms with van der Waals surface area (Å²) in [6.07, 6.45) is 6.11. The Morgan fingerprint density at radius 3 is 2.41 bits per heavy atom. The number of benzene rings is 1. The minimum absolute atomic E-state index is 0.486. The molecule has 122 valence electrons. The Kier molecular flexibility index (Phi) is 5.75. The number of aliphatic hydroxyl groups is 1. The molecule has 4 heteroatoms. The largest absolute Gasteiger partial charge is 0.387 e. The summed E-state index contributed by atoms with van der Waals surface area (Å²) in [5.41, 5.74) is 0.849. The van der Waals surface area contributed by atoms with Gasteiger partial charge in [0.25, 0.3) is 0 Å². The van der Waals surface area contributed by atoms with Crippen molar-refractivity contribution >= 4 is 11.6 Å². The summed E-state index contributed by atoms with van der Waals surface area (Å²) < 4.78 is 0. The number of nitrogens with zero attached hydrogens (tertiary/aromatic N) is 2. The van der Waals surface area contributed by atoms with Crippen molar-refractivity contribution in [3.8, 4) is 0 Å². The van der Waals surface area contributed by atoms with Gasteiger partial charge in [0.15, 0.2) is 0 Å². The van der Waals surface area contributed by atoms with Crippen molar-refractivity contribution in [1.82, 2.24) is 9.80 Å². The second-order valence-corrected chi connectivity index (χ2v) is 7.07. The molecule has 0 aromatic heterocycles. The standard InChI is InChI=1S/C18H27ClN2O/c19-17-7-3-2-6-16(17)18(22)14-20-12-8-15(9-13-20)21-10-4-1-5-11-21/h2-3,6-7,15,18,22H,1,4-5,8-14H2. The Labute approximate surface area is 138 Å². The molecule has 2 fully saturated rings. The summed E-state index contributed by atoms with van der Waals surface area (Å²) in [5, 5.41) is 11.1. The van der Waals surface area contributed by atoms with Crippen molar-refractivity contribution < 1.29 is 5.11 Å². The molecule has 1 N–H and O–H groups in total. The van der Waals surface area contributed by atoms with Crippen LogP contribution < -0.4 is 0 Å². The van der Waals surface area contributed by atoms with Crippen LogP contribution in [0.5, 0.6) is 0 Å². The van der Waals surface area contributed by atoms with Gasteiger partial charge < -0.3 is 14.9 Å². The third kappa shape index (κ3) is 4.02. The van der Waals surface area contributed by atoms with E-state index in [1.807, 2.05) is 24.3 Å². The summed E-state index contributed by atoms with van der Waals surface area (Å²) >= 11 is 6.18. The highest BCUT2D eigenvalue weighted by Gasteiger charge is 2.26. The SMILES string of the molecule is OC(CN1CCC(N2CCCCC2)CC1)c1ccccc1Cl. The van der Waals surface area contributed by atoms with E-state index in [-0.39, 0.29) is 0 Å². The molecule has 0 bridgehead atoms. The van der Waals surface area contributed by atoms with Crippen LogP contribution >= 0.6 is 11.6 Å². The topological polar surface area (TPSA) is 26.7 Å². The van der Waals surface area contributed by atoms with Crippen LogP contribution in [0.25, 0.3) is 0 Å². The molecular weight excluding hydrogens is 296 g/mol. The number of likely N-dealkylation sites (tertiary alicyclic amines) is 2. The van der Waals surface area contributed by atoms with Gasteiger partial charge in [-0.2, -0.15) is 0 Å². The van der Waals surface area contributed by atoms with Crippen molar-refractivity contribution in [3.05, 3.63) is 34.9 Å². The van der Waals surface area contributed by atoms with Crippen molar-refractivity contribution in [2.75, 3.05) is 32.7 Å². The maximum absolute atomic E-state index is 10.4. The first-order valence-electron chi connectivity index (χ1n) is 8.63. The van der Waals surface area contributed by atoms with Crippen molar-refractivity contribution in [1.29, 1.82) is 0 Å². The van der Waals surface area contributed by atoms with E-state index in [0.717, 1.165) is 24.7 Å². The molecule has 3 nitrogen and oxygen atoms in total. The van der Waals surface area contributed by atoms with E-state index in [4.69, 9.17) is 11.6 Å². The molecule has 0 amide bonds. The zero-order valence-corrected chi connectivity index (χ0v) is 14.0. The first-order valence-corrected chi connectivity index (χ1v) is 9.01. The van der Waals surface area contributed by atoms with Crippen LogP contribution in [0.15, 0.2) is 24.3 Å². The molecule has 0 spiro atoms. The Bertz CT molecular complexity index is 468. The Hall–Kier alpha value is -0.610. The van der Waals surface area contributed by atoms with E-state index in [2.05, 4.69) is 9.80 Å². The lowest BCUT2D eigenvalue weighted by atomic mass is 9.99. The molecule has 2 aliphatic rings. The second kappa shape index (κ2) is 7.78. The fourth-order valence-electron chi connectivity index (χ4n) is 3.84. The fraction of sp³-hybridized carbons (Fsp3) is 0.667. The third-order valence-electron chi connectivity index (χ3n) is 5.16. The van der Waals surface area contributed by atoms with E-state index in [1.165, 1.54) is 45.2 Å². The van der Waals surface area contributed by atoms with Gasteiger partial charge in [-0.05, 0) is 57.9 Å². The minimum atomic E-state index is -0.486. The monoisotopic (exact) mass is 322 g/mol. The number of aliphatic hydroxyl groups excluding tert-OH is 1. The predicted molar refractivity (Wildman–Crippen MR) is 91.3 cm³/mol. The van der Waals surface area contributed by atoms with Crippen LogP contribution in [0.2, 0.25) is 5.02 Å². The van der Waals surface area contributed by atoms with Crippen molar-refractivity contribution in [2.45, 2.75) is 44.2 Å². The van der Waals surface area contributed by atoms with Crippen LogP contribution in [0.1, 0.15) is 43.8 Å². The number of piperidine rings is 2. The average molecular weight is 323 g/mol. The molecule has 2 heterocycles. The number of hydrogen-bond acceptors (Lipinski definition) is 3. The van der Waals surface area contributed by atoms with Crippen LogP contribution in [0.4, 0.5) is 0 Å². The van der Waals surface area contributed by atoms with E-state index >= 15 is 0 Å². The van der Waals surface area contributed by atoms with Gasteiger partial charge in [-0.1, -0.05) is 36.2 Å². The van der Waals surface area contributed by atoms with E-state index < -0.39 is 6.10 Å². The van der Waals surface area contributed by atoms with Crippen molar-refractivity contribution in [3.63, 3.8) is 0 Å². The van der Waals surface area contributed by atoms with Crippen molar-refractivity contribution in [2.24, 2.45) is 0 Å². The molecule has 3 rings (SSSR count). The van der Waals surface area contributed by atoms with E-state index in [0.29, 0.717) is 11.6 Å². The molecule has 1 aromatic carbocycles. The Balaban J connectivity index is 1.48. The molecule has 0 aliphatic carbocycles. The summed E-state index contributed by atoms with van der Waals surface area (Å²) in [6.45, 7) is 5.43. The van der Waals surface area contributed by atoms with Gasteiger partial charge >= 0.3 is 0 Å². The molecule has 1 aromatic rings. The van der Waals surface area contributed by atoms with Gasteiger partial charge in [0.1, 0.15) is 0 Å². The molecule has 2 saturated heterocycles. The Morgan fingerprint density at radius 2 is 1.73 bits per heavy atom. The minimum Gasteiger partial charge on any atom is -0.387 e. The summed E-state index contributed by atoms with van der Waals surface area (Å²) in [5.74, 6) is 0. The molecule has 1 atom stereocenters. The molecule has 22 heavy (non-hydrogen) atoms. The van der Waals surface area contributed by atoms with Gasteiger partial charge in [0.2, 0.25) is 0 Å². The maximum Gasteiger partial charge on any atom is 0.0931 e. The highest BCUT2D eigenvalue weighted by atomic mass is 35.5.